The van der Waals surface area contributed by atoms with Crippen LogP contribution in [-0.4, -0.2) is 33.5 Å². The fourth-order valence-electron chi connectivity index (χ4n) is 3.54. The third-order valence-corrected chi connectivity index (χ3v) is 4.93. The number of fused-ring (bicyclic) bond motifs is 1. The number of para-hydroxylation sites is 1. The maximum Gasteiger partial charge on any atom is 0.310 e. The number of anilines is 1. The van der Waals surface area contributed by atoms with Crippen LogP contribution in [0.4, 0.5) is 5.69 Å². The highest BCUT2D eigenvalue weighted by Crippen LogP contribution is 2.36. The number of hydrogen-bond donors (Lipinski definition) is 2. The molecule has 3 amide bonds. The summed E-state index contributed by atoms with van der Waals surface area (Å²) in [6.07, 6.45) is 2.83. The molecule has 8 heteroatoms. The van der Waals surface area contributed by atoms with Gasteiger partial charge in [-0.3, -0.25) is 19.1 Å². The molecular weight excluding hydrogens is 370 g/mol. The standard InChI is InChI=1S/C21H27N5O3/c1-5-10-25-12-15(14(4)24-25)11-22-19(27)20(28)23-18-16-8-6-7-9-17(16)26(13(2)3)21(18)29/h6-9,12-13,18H,5,10-11H2,1-4H3,(H,22,27)(H,23,28). The Morgan fingerprint density at radius 1 is 1.21 bits per heavy atom. The van der Waals surface area contributed by atoms with E-state index in [1.54, 1.807) is 11.0 Å². The zero-order valence-corrected chi connectivity index (χ0v) is 17.2. The van der Waals surface area contributed by atoms with E-state index in [0.717, 1.165) is 29.9 Å². The predicted octanol–water partition coefficient (Wildman–Crippen LogP) is 1.83. The van der Waals surface area contributed by atoms with Gasteiger partial charge in [-0.1, -0.05) is 25.1 Å². The second kappa shape index (κ2) is 8.46. The summed E-state index contributed by atoms with van der Waals surface area (Å²) < 4.78 is 1.82. The lowest BCUT2D eigenvalue weighted by Gasteiger charge is -2.22. The van der Waals surface area contributed by atoms with Gasteiger partial charge in [-0.05, 0) is 33.3 Å². The first-order chi connectivity index (χ1) is 13.8. The van der Waals surface area contributed by atoms with E-state index >= 15 is 0 Å². The Labute approximate surface area is 170 Å². The highest BCUT2D eigenvalue weighted by molar-refractivity contribution is 6.35. The quantitative estimate of drug-likeness (QED) is 0.727. The third kappa shape index (κ3) is 4.16. The molecule has 0 saturated carbocycles. The largest absolute Gasteiger partial charge is 0.344 e. The SMILES string of the molecule is CCCn1cc(CNC(=O)C(=O)NC2C(=O)N(C(C)C)c3ccccc32)c(C)n1. The summed E-state index contributed by atoms with van der Waals surface area (Å²) in [7, 11) is 0. The van der Waals surface area contributed by atoms with Crippen LogP contribution in [-0.2, 0) is 27.5 Å². The van der Waals surface area contributed by atoms with Gasteiger partial charge in [-0.2, -0.15) is 5.10 Å². The Kier molecular flexibility index (Phi) is 6.00. The Morgan fingerprint density at radius 3 is 2.62 bits per heavy atom. The van der Waals surface area contributed by atoms with Gasteiger partial charge in [-0.25, -0.2) is 0 Å². The molecule has 1 aromatic heterocycles. The minimum atomic E-state index is -0.860. The second-order valence-electron chi connectivity index (χ2n) is 7.45. The van der Waals surface area contributed by atoms with Gasteiger partial charge in [0.05, 0.1) is 5.69 Å². The molecule has 0 bridgehead atoms. The van der Waals surface area contributed by atoms with E-state index in [2.05, 4.69) is 22.7 Å². The van der Waals surface area contributed by atoms with E-state index in [9.17, 15) is 14.4 Å². The van der Waals surface area contributed by atoms with Gasteiger partial charge in [0.15, 0.2) is 0 Å². The van der Waals surface area contributed by atoms with Crippen molar-refractivity contribution in [2.24, 2.45) is 0 Å². The smallest absolute Gasteiger partial charge is 0.310 e. The van der Waals surface area contributed by atoms with Gasteiger partial charge in [0.2, 0.25) is 0 Å². The van der Waals surface area contributed by atoms with E-state index in [-0.39, 0.29) is 18.5 Å². The van der Waals surface area contributed by atoms with Gasteiger partial charge in [-0.15, -0.1) is 0 Å². The fraction of sp³-hybridized carbons (Fsp3) is 0.429. The average molecular weight is 397 g/mol. The number of nitrogens with zero attached hydrogens (tertiary/aromatic N) is 3. The van der Waals surface area contributed by atoms with E-state index in [1.165, 1.54) is 0 Å². The van der Waals surface area contributed by atoms with Gasteiger partial charge in [0.25, 0.3) is 5.91 Å². The van der Waals surface area contributed by atoms with Crippen molar-refractivity contribution in [2.75, 3.05) is 4.90 Å². The summed E-state index contributed by atoms with van der Waals surface area (Å²) in [5.41, 5.74) is 3.13. The lowest BCUT2D eigenvalue weighted by atomic mass is 10.1. The van der Waals surface area contributed by atoms with E-state index in [0.29, 0.717) is 5.56 Å². The number of hydrogen-bond acceptors (Lipinski definition) is 4. The van der Waals surface area contributed by atoms with E-state index in [1.807, 2.05) is 49.8 Å². The van der Waals surface area contributed by atoms with Crippen LogP contribution in [0.2, 0.25) is 0 Å². The fourth-order valence-corrected chi connectivity index (χ4v) is 3.54. The van der Waals surface area contributed by atoms with Crippen LogP contribution in [0, 0.1) is 6.92 Å². The summed E-state index contributed by atoms with van der Waals surface area (Å²) in [4.78, 5) is 39.2. The van der Waals surface area contributed by atoms with Crippen LogP contribution in [0.5, 0.6) is 0 Å². The monoisotopic (exact) mass is 397 g/mol. The molecule has 29 heavy (non-hydrogen) atoms. The Balaban J connectivity index is 1.65. The second-order valence-corrected chi connectivity index (χ2v) is 7.45. The molecular formula is C21H27N5O3. The number of aryl methyl sites for hydroxylation is 2. The van der Waals surface area contributed by atoms with Crippen LogP contribution in [0.3, 0.4) is 0 Å². The molecule has 2 heterocycles. The zero-order chi connectivity index (χ0) is 21.1. The van der Waals surface area contributed by atoms with Crippen molar-refractivity contribution in [1.29, 1.82) is 0 Å². The van der Waals surface area contributed by atoms with Gasteiger partial charge in [0, 0.05) is 42.1 Å². The number of carbonyl (C=O) groups is 3. The summed E-state index contributed by atoms with van der Waals surface area (Å²) in [5.74, 6) is -1.85. The maximum absolute atomic E-state index is 12.8. The minimum absolute atomic E-state index is 0.0537. The number of rotatable bonds is 6. The van der Waals surface area contributed by atoms with Gasteiger partial charge in [0.1, 0.15) is 6.04 Å². The lowest BCUT2D eigenvalue weighted by Crippen LogP contribution is -2.45. The summed E-state index contributed by atoms with van der Waals surface area (Å²) >= 11 is 0. The molecule has 3 rings (SSSR count). The van der Waals surface area contributed by atoms with Crippen molar-refractivity contribution in [3.05, 3.63) is 47.3 Å². The van der Waals surface area contributed by atoms with Crippen LogP contribution in [0.25, 0.3) is 0 Å². The molecule has 8 nitrogen and oxygen atoms in total. The number of nitrogens with one attached hydrogen (secondary N) is 2. The number of carbonyl (C=O) groups excluding carboxylic acids is 3. The van der Waals surface area contributed by atoms with Crippen molar-refractivity contribution < 1.29 is 14.4 Å². The Bertz CT molecular complexity index is 934. The minimum Gasteiger partial charge on any atom is -0.344 e. The molecule has 0 aliphatic carbocycles. The normalized spacial score (nSPS) is 15.6. The summed E-state index contributed by atoms with van der Waals surface area (Å²) in [6.45, 7) is 8.74. The maximum atomic E-state index is 12.8. The highest BCUT2D eigenvalue weighted by Gasteiger charge is 2.39. The van der Waals surface area contributed by atoms with Crippen molar-refractivity contribution in [3.8, 4) is 0 Å². The molecule has 2 aromatic rings. The molecule has 1 atom stereocenters. The zero-order valence-electron chi connectivity index (χ0n) is 17.2. The molecule has 0 radical (unpaired) electrons. The molecule has 0 saturated heterocycles. The predicted molar refractivity (Wildman–Crippen MR) is 109 cm³/mol. The van der Waals surface area contributed by atoms with Gasteiger partial charge >= 0.3 is 11.8 Å². The highest BCUT2D eigenvalue weighted by atomic mass is 16.2. The number of amides is 3. The molecule has 154 valence electrons. The topological polar surface area (TPSA) is 96.3 Å². The first-order valence-electron chi connectivity index (χ1n) is 9.87. The first-order valence-corrected chi connectivity index (χ1v) is 9.87. The van der Waals surface area contributed by atoms with Crippen LogP contribution < -0.4 is 15.5 Å². The number of aromatic nitrogens is 2. The summed E-state index contributed by atoms with van der Waals surface area (Å²) in [6, 6.07) is 6.38. The van der Waals surface area contributed by atoms with Crippen molar-refractivity contribution in [3.63, 3.8) is 0 Å². The Hall–Kier alpha value is -3.16. The van der Waals surface area contributed by atoms with E-state index < -0.39 is 17.9 Å². The number of benzene rings is 1. The molecule has 1 aliphatic rings. The van der Waals surface area contributed by atoms with Crippen molar-refractivity contribution in [1.82, 2.24) is 20.4 Å². The van der Waals surface area contributed by atoms with Gasteiger partial charge < -0.3 is 15.5 Å². The first kappa shape index (κ1) is 20.6. The molecule has 1 aromatic carbocycles. The third-order valence-electron chi connectivity index (χ3n) is 4.93. The molecule has 1 aliphatic heterocycles. The van der Waals surface area contributed by atoms with Crippen LogP contribution in [0.15, 0.2) is 30.5 Å². The lowest BCUT2D eigenvalue weighted by molar-refractivity contribution is -0.140. The molecule has 1 unspecified atom stereocenters. The van der Waals surface area contributed by atoms with Crippen LogP contribution in [0.1, 0.15) is 50.1 Å². The van der Waals surface area contributed by atoms with Crippen molar-refractivity contribution in [2.45, 2.75) is 59.3 Å². The molecule has 0 spiro atoms. The summed E-state index contributed by atoms with van der Waals surface area (Å²) in [5, 5.41) is 9.58. The van der Waals surface area contributed by atoms with Crippen molar-refractivity contribution >= 4 is 23.4 Å². The van der Waals surface area contributed by atoms with E-state index in [4.69, 9.17) is 0 Å². The molecule has 0 fully saturated rings. The average Bonchev–Trinajstić information content (AvgIpc) is 3.17. The Morgan fingerprint density at radius 2 is 1.93 bits per heavy atom. The van der Waals surface area contributed by atoms with Crippen LogP contribution >= 0.6 is 0 Å². The molecule has 2 N–H and O–H groups in total.